The van der Waals surface area contributed by atoms with E-state index in [1.807, 2.05) is 4.90 Å². The van der Waals surface area contributed by atoms with Crippen molar-refractivity contribution in [1.29, 1.82) is 0 Å². The minimum Gasteiger partial charge on any atom is -0.490 e. The smallest absolute Gasteiger partial charge is 0.335 e. The van der Waals surface area contributed by atoms with Gasteiger partial charge in [0.05, 0.1) is 24.3 Å². The monoisotopic (exact) mass is 354 g/mol. The molecule has 1 amide bonds. The van der Waals surface area contributed by atoms with Crippen LogP contribution in [0.3, 0.4) is 0 Å². The number of hydrogen-bond donors (Lipinski definition) is 2. The normalized spacial score (nSPS) is 12.7. The van der Waals surface area contributed by atoms with Crippen LogP contribution in [0, 0.1) is 0 Å². The van der Waals surface area contributed by atoms with Crippen LogP contribution in [-0.4, -0.2) is 42.5 Å². The van der Waals surface area contributed by atoms with E-state index in [0.29, 0.717) is 35.8 Å². The highest BCUT2D eigenvalue weighted by Gasteiger charge is 2.21. The van der Waals surface area contributed by atoms with Crippen molar-refractivity contribution in [2.75, 3.05) is 29.9 Å². The Kier molecular flexibility index (Phi) is 4.88. The first kappa shape index (κ1) is 17.5. The Balaban J connectivity index is 1.71. The standard InChI is InChI=1S/C19H18N2O5/c1-12(22)14-4-7-17-16(10-14)21(8-9-26-17)11-18(23)20-15-5-2-13(3-6-15)19(24)25/h2-7,10H,8-9,11H2,1H3,(H,20,23)(H,24,25). The number of anilines is 2. The molecule has 1 aliphatic heterocycles. The van der Waals surface area contributed by atoms with E-state index in [-0.39, 0.29) is 23.8 Å². The molecule has 2 N–H and O–H groups in total. The molecule has 7 heteroatoms. The van der Waals surface area contributed by atoms with Crippen LogP contribution in [0.5, 0.6) is 5.75 Å². The Bertz CT molecular complexity index is 861. The Hall–Kier alpha value is -3.35. The predicted molar refractivity (Wildman–Crippen MR) is 96.2 cm³/mol. The van der Waals surface area contributed by atoms with Gasteiger partial charge >= 0.3 is 5.97 Å². The zero-order chi connectivity index (χ0) is 18.7. The van der Waals surface area contributed by atoms with Gasteiger partial charge in [-0.1, -0.05) is 0 Å². The van der Waals surface area contributed by atoms with Gasteiger partial charge in [0, 0.05) is 11.3 Å². The quantitative estimate of drug-likeness (QED) is 0.801. The van der Waals surface area contributed by atoms with Gasteiger partial charge < -0.3 is 20.1 Å². The molecule has 1 aliphatic rings. The second kappa shape index (κ2) is 7.26. The molecule has 0 atom stereocenters. The number of hydrogen-bond acceptors (Lipinski definition) is 5. The lowest BCUT2D eigenvalue weighted by Gasteiger charge is -2.31. The number of amides is 1. The minimum atomic E-state index is -1.02. The van der Waals surface area contributed by atoms with Crippen molar-refractivity contribution >= 4 is 29.0 Å². The summed E-state index contributed by atoms with van der Waals surface area (Å²) in [6.07, 6.45) is 0. The number of nitrogens with zero attached hydrogens (tertiary/aromatic N) is 1. The summed E-state index contributed by atoms with van der Waals surface area (Å²) in [5.74, 6) is -0.676. The van der Waals surface area contributed by atoms with E-state index in [2.05, 4.69) is 5.32 Å². The molecule has 7 nitrogen and oxygen atoms in total. The summed E-state index contributed by atoms with van der Waals surface area (Å²) in [5, 5.41) is 11.6. The lowest BCUT2D eigenvalue weighted by atomic mass is 10.1. The van der Waals surface area contributed by atoms with Crippen LogP contribution in [-0.2, 0) is 4.79 Å². The third-order valence-corrected chi connectivity index (χ3v) is 4.07. The number of nitrogens with one attached hydrogen (secondary N) is 1. The Morgan fingerprint density at radius 2 is 1.81 bits per heavy atom. The fourth-order valence-corrected chi connectivity index (χ4v) is 2.73. The van der Waals surface area contributed by atoms with Crippen LogP contribution in [0.2, 0.25) is 0 Å². The second-order valence-corrected chi connectivity index (χ2v) is 5.94. The van der Waals surface area contributed by atoms with Gasteiger partial charge in [-0.3, -0.25) is 9.59 Å². The van der Waals surface area contributed by atoms with Crippen LogP contribution < -0.4 is 15.0 Å². The summed E-state index contributed by atoms with van der Waals surface area (Å²) in [4.78, 5) is 36.7. The predicted octanol–water partition coefficient (Wildman–Crippen LogP) is 2.42. The number of carbonyl (C=O) groups excluding carboxylic acids is 2. The van der Waals surface area contributed by atoms with Crippen LogP contribution >= 0.6 is 0 Å². The zero-order valence-electron chi connectivity index (χ0n) is 14.2. The first-order valence-electron chi connectivity index (χ1n) is 8.10. The first-order valence-corrected chi connectivity index (χ1v) is 8.10. The Labute approximate surface area is 150 Å². The Morgan fingerprint density at radius 3 is 2.46 bits per heavy atom. The second-order valence-electron chi connectivity index (χ2n) is 5.94. The topological polar surface area (TPSA) is 95.9 Å². The number of Topliss-reactive ketones (excluding diaryl/α,β-unsaturated/α-hetero) is 1. The number of aromatic carboxylic acids is 1. The third-order valence-electron chi connectivity index (χ3n) is 4.07. The highest BCUT2D eigenvalue weighted by molar-refractivity contribution is 5.97. The minimum absolute atomic E-state index is 0.0544. The van der Waals surface area contributed by atoms with E-state index in [0.717, 1.165) is 0 Å². The van der Waals surface area contributed by atoms with Crippen molar-refractivity contribution in [2.45, 2.75) is 6.92 Å². The molecule has 3 rings (SSSR count). The van der Waals surface area contributed by atoms with E-state index in [9.17, 15) is 14.4 Å². The van der Waals surface area contributed by atoms with Crippen LogP contribution in [0.15, 0.2) is 42.5 Å². The maximum Gasteiger partial charge on any atom is 0.335 e. The molecule has 0 unspecified atom stereocenters. The van der Waals surface area contributed by atoms with Crippen molar-refractivity contribution < 1.29 is 24.2 Å². The van der Waals surface area contributed by atoms with E-state index in [1.54, 1.807) is 30.3 Å². The van der Waals surface area contributed by atoms with Crippen LogP contribution in [0.25, 0.3) is 0 Å². The highest BCUT2D eigenvalue weighted by atomic mass is 16.5. The molecule has 2 aromatic rings. The molecule has 0 aromatic heterocycles. The van der Waals surface area contributed by atoms with Gasteiger partial charge in [-0.05, 0) is 49.4 Å². The molecule has 0 saturated heterocycles. The number of carbonyl (C=O) groups is 3. The summed E-state index contributed by atoms with van der Waals surface area (Å²) >= 11 is 0. The van der Waals surface area contributed by atoms with Crippen LogP contribution in [0.1, 0.15) is 27.6 Å². The molecule has 1 heterocycles. The van der Waals surface area contributed by atoms with E-state index in [1.165, 1.54) is 19.1 Å². The van der Waals surface area contributed by atoms with Gasteiger partial charge in [0.2, 0.25) is 5.91 Å². The number of carboxylic acid groups (broad SMARTS) is 1. The fraction of sp³-hybridized carbons (Fsp3) is 0.211. The van der Waals surface area contributed by atoms with Crippen molar-refractivity contribution in [3.63, 3.8) is 0 Å². The maximum absolute atomic E-state index is 12.4. The van der Waals surface area contributed by atoms with Gasteiger partial charge in [-0.2, -0.15) is 0 Å². The van der Waals surface area contributed by atoms with Gasteiger partial charge in [0.25, 0.3) is 0 Å². The lowest BCUT2D eigenvalue weighted by Crippen LogP contribution is -2.39. The highest BCUT2D eigenvalue weighted by Crippen LogP contribution is 2.32. The number of rotatable bonds is 5. The molecule has 0 fully saturated rings. The summed E-state index contributed by atoms with van der Waals surface area (Å²) in [6, 6.07) is 11.1. The van der Waals surface area contributed by atoms with E-state index < -0.39 is 5.97 Å². The van der Waals surface area contributed by atoms with E-state index >= 15 is 0 Å². The summed E-state index contributed by atoms with van der Waals surface area (Å²) in [5.41, 5.74) is 1.94. The molecule has 0 saturated carbocycles. The number of carboxylic acids is 1. The molecule has 0 spiro atoms. The third kappa shape index (κ3) is 3.83. The number of ether oxygens (including phenoxy) is 1. The molecule has 0 radical (unpaired) electrons. The molecule has 0 aliphatic carbocycles. The summed E-state index contributed by atoms with van der Waals surface area (Å²) in [6.45, 7) is 2.56. The fourth-order valence-electron chi connectivity index (χ4n) is 2.73. The Morgan fingerprint density at radius 1 is 1.12 bits per heavy atom. The molecule has 2 aromatic carbocycles. The van der Waals surface area contributed by atoms with Crippen LogP contribution in [0.4, 0.5) is 11.4 Å². The number of fused-ring (bicyclic) bond motifs is 1. The molecular formula is C19H18N2O5. The SMILES string of the molecule is CC(=O)c1ccc2c(c1)N(CC(=O)Nc1ccc(C(=O)O)cc1)CCO2. The van der Waals surface area contributed by atoms with Crippen molar-refractivity contribution in [2.24, 2.45) is 0 Å². The summed E-state index contributed by atoms with van der Waals surface area (Å²) in [7, 11) is 0. The maximum atomic E-state index is 12.4. The van der Waals surface area contributed by atoms with E-state index in [4.69, 9.17) is 9.84 Å². The molecule has 26 heavy (non-hydrogen) atoms. The van der Waals surface area contributed by atoms with Crippen molar-refractivity contribution in [3.05, 3.63) is 53.6 Å². The number of ketones is 1. The molecular weight excluding hydrogens is 336 g/mol. The number of benzene rings is 2. The zero-order valence-corrected chi connectivity index (χ0v) is 14.2. The average Bonchev–Trinajstić information content (AvgIpc) is 2.62. The van der Waals surface area contributed by atoms with Crippen molar-refractivity contribution in [3.8, 4) is 5.75 Å². The first-order chi connectivity index (χ1) is 12.4. The molecule has 134 valence electrons. The average molecular weight is 354 g/mol. The molecule has 0 bridgehead atoms. The largest absolute Gasteiger partial charge is 0.490 e. The van der Waals surface area contributed by atoms with Crippen molar-refractivity contribution in [1.82, 2.24) is 0 Å². The van der Waals surface area contributed by atoms with Gasteiger partial charge in [-0.15, -0.1) is 0 Å². The van der Waals surface area contributed by atoms with Gasteiger partial charge in [0.1, 0.15) is 12.4 Å². The van der Waals surface area contributed by atoms with Gasteiger partial charge in [-0.25, -0.2) is 4.79 Å². The lowest BCUT2D eigenvalue weighted by molar-refractivity contribution is -0.115. The van der Waals surface area contributed by atoms with Gasteiger partial charge in [0.15, 0.2) is 5.78 Å². The summed E-state index contributed by atoms with van der Waals surface area (Å²) < 4.78 is 5.58.